The lowest BCUT2D eigenvalue weighted by molar-refractivity contribution is 0.702. The highest BCUT2D eigenvalue weighted by Gasteiger charge is 1.72. The van der Waals surface area contributed by atoms with Gasteiger partial charge >= 0.3 is 0 Å². The molecule has 0 heterocycles. The highest BCUT2D eigenvalue weighted by atomic mass is 32.1. The summed E-state index contributed by atoms with van der Waals surface area (Å²) in [6.45, 7) is 0. The van der Waals surface area contributed by atoms with Crippen LogP contribution >= 0.6 is 9.24 Å². The fourth-order valence-corrected chi connectivity index (χ4v) is 0.675. The summed E-state index contributed by atoms with van der Waals surface area (Å²) in [6, 6.07) is 10.1. The number of hydrogen-bond acceptors (Lipinski definition) is 2. The second-order valence-electron chi connectivity index (χ2n) is 1.41. The zero-order chi connectivity index (χ0) is 7.11. The Morgan fingerprint density at radius 1 is 1.11 bits per heavy atom. The molecule has 3 heteroatoms. The van der Waals surface area contributed by atoms with E-state index in [9.17, 15) is 0 Å². The minimum Gasteiger partial charge on any atom is -0.197 e. The molecule has 0 aromatic heterocycles. The number of benzene rings is 1. The standard InChI is InChI=1S/C6H7P.OS/c7-6-4-2-1-3-5-6;1-2/h1-5H,7H2;. The fraction of sp³-hybridized carbons (Fsp3) is 0. The van der Waals surface area contributed by atoms with Crippen molar-refractivity contribution in [3.05, 3.63) is 30.3 Å². The van der Waals surface area contributed by atoms with Crippen molar-refractivity contribution in [3.8, 4) is 0 Å². The van der Waals surface area contributed by atoms with Crippen LogP contribution in [0.15, 0.2) is 30.3 Å². The van der Waals surface area contributed by atoms with E-state index in [0.29, 0.717) is 0 Å². The van der Waals surface area contributed by atoms with Crippen LogP contribution in [-0.2, 0) is 12.5 Å². The van der Waals surface area contributed by atoms with Gasteiger partial charge in [-0.25, -0.2) is 0 Å². The van der Waals surface area contributed by atoms with Gasteiger partial charge in [-0.1, -0.05) is 30.3 Å². The summed E-state index contributed by atoms with van der Waals surface area (Å²) in [5, 5.41) is 1.24. The third kappa shape index (κ3) is 4.19. The molecule has 1 aromatic carbocycles. The first kappa shape index (κ1) is 8.67. The van der Waals surface area contributed by atoms with Crippen molar-refractivity contribution < 1.29 is 4.21 Å². The van der Waals surface area contributed by atoms with Crippen molar-refractivity contribution in [2.75, 3.05) is 0 Å². The molecule has 0 saturated heterocycles. The molecule has 0 aliphatic carbocycles. The molecule has 0 spiro atoms. The lowest BCUT2D eigenvalue weighted by Crippen LogP contribution is -1.82. The number of rotatable bonds is 0. The van der Waals surface area contributed by atoms with E-state index in [0.717, 1.165) is 0 Å². The highest BCUT2D eigenvalue weighted by Crippen LogP contribution is 1.86. The molecule has 0 N–H and O–H groups in total. The predicted octanol–water partition coefficient (Wildman–Crippen LogP) is 0.851. The van der Waals surface area contributed by atoms with Crippen LogP contribution in [0, 0.1) is 0 Å². The smallest absolute Gasteiger partial charge is 0.197 e. The van der Waals surface area contributed by atoms with E-state index >= 15 is 0 Å². The summed E-state index contributed by atoms with van der Waals surface area (Å²) in [5.41, 5.74) is 0. The first-order valence-corrected chi connectivity index (χ1v) is 3.28. The van der Waals surface area contributed by atoms with Crippen molar-refractivity contribution in [2.45, 2.75) is 0 Å². The van der Waals surface area contributed by atoms with Crippen LogP contribution in [0.1, 0.15) is 0 Å². The Morgan fingerprint density at radius 3 is 1.78 bits per heavy atom. The van der Waals surface area contributed by atoms with Crippen molar-refractivity contribution in [3.63, 3.8) is 0 Å². The second-order valence-corrected chi connectivity index (χ2v) is 2.08. The summed E-state index contributed by atoms with van der Waals surface area (Å²) in [6.07, 6.45) is 0. The zero-order valence-corrected chi connectivity index (χ0v) is 6.75. The molecule has 0 amide bonds. The van der Waals surface area contributed by atoms with Crippen LogP contribution in [0.25, 0.3) is 0 Å². The van der Waals surface area contributed by atoms with Gasteiger partial charge in [0.15, 0.2) is 12.5 Å². The molecule has 1 nitrogen and oxygen atoms in total. The van der Waals surface area contributed by atoms with Gasteiger partial charge in [-0.2, -0.15) is 4.21 Å². The topological polar surface area (TPSA) is 17.1 Å². The van der Waals surface area contributed by atoms with E-state index < -0.39 is 0 Å². The molecule has 0 saturated carbocycles. The molecule has 0 aliphatic rings. The third-order valence-electron chi connectivity index (χ3n) is 0.800. The Kier molecular flexibility index (Phi) is 5.59. The Bertz CT molecular complexity index is 154. The Morgan fingerprint density at radius 2 is 1.56 bits per heavy atom. The molecule has 0 bridgehead atoms. The van der Waals surface area contributed by atoms with Crippen LogP contribution in [0.3, 0.4) is 0 Å². The van der Waals surface area contributed by atoms with Crippen molar-refractivity contribution in [1.82, 2.24) is 0 Å². The van der Waals surface area contributed by atoms with Gasteiger partial charge in [0.1, 0.15) is 0 Å². The Hall–Kier alpha value is -0.330. The SMILES string of the molecule is O=S.Pc1ccccc1. The summed E-state index contributed by atoms with van der Waals surface area (Å²) in [5.74, 6) is 0. The first-order valence-electron chi connectivity index (χ1n) is 2.37. The third-order valence-corrected chi connectivity index (χ3v) is 1.18. The quantitative estimate of drug-likeness (QED) is 0.521. The molecule has 0 radical (unpaired) electrons. The Labute approximate surface area is 62.2 Å². The lowest BCUT2D eigenvalue weighted by Gasteiger charge is -1.82. The largest absolute Gasteiger partial charge is 0.197 e. The molecule has 1 rings (SSSR count). The van der Waals surface area contributed by atoms with Gasteiger partial charge in [0.25, 0.3) is 0 Å². The van der Waals surface area contributed by atoms with Crippen LogP contribution in [0.5, 0.6) is 0 Å². The van der Waals surface area contributed by atoms with Gasteiger partial charge in [0, 0.05) is 0 Å². The predicted molar refractivity (Wildman–Crippen MR) is 43.9 cm³/mol. The van der Waals surface area contributed by atoms with Crippen LogP contribution in [-0.4, -0.2) is 4.21 Å². The van der Waals surface area contributed by atoms with Crippen LogP contribution in [0.4, 0.5) is 0 Å². The Balaban J connectivity index is 0.000000291. The summed E-state index contributed by atoms with van der Waals surface area (Å²) < 4.78 is 7.83. The number of hydrogen-bond donors (Lipinski definition) is 0. The molecular formula is C6H7OPS. The summed E-state index contributed by atoms with van der Waals surface area (Å²) in [4.78, 5) is 0. The summed E-state index contributed by atoms with van der Waals surface area (Å²) in [7, 11) is 2.63. The van der Waals surface area contributed by atoms with Gasteiger partial charge in [0.2, 0.25) is 0 Å². The monoisotopic (exact) mass is 158 g/mol. The molecule has 1 aromatic rings. The van der Waals surface area contributed by atoms with E-state index in [1.807, 2.05) is 30.3 Å². The summed E-state index contributed by atoms with van der Waals surface area (Å²) >= 11 is 2.83. The van der Waals surface area contributed by atoms with Crippen molar-refractivity contribution in [1.29, 1.82) is 0 Å². The van der Waals surface area contributed by atoms with Crippen LogP contribution in [0.2, 0.25) is 0 Å². The highest BCUT2D eigenvalue weighted by molar-refractivity contribution is 7.44. The molecule has 0 fully saturated rings. The van der Waals surface area contributed by atoms with Crippen molar-refractivity contribution >= 4 is 27.1 Å². The maximum atomic E-state index is 7.83. The van der Waals surface area contributed by atoms with Crippen LogP contribution < -0.4 is 5.30 Å². The van der Waals surface area contributed by atoms with Gasteiger partial charge in [-0.15, -0.1) is 9.24 Å². The van der Waals surface area contributed by atoms with Gasteiger partial charge in [-0.3, -0.25) is 0 Å². The molecule has 1 unspecified atom stereocenters. The normalized spacial score (nSPS) is 7.22. The maximum Gasteiger partial charge on any atom is 0.197 e. The van der Waals surface area contributed by atoms with Gasteiger partial charge < -0.3 is 0 Å². The zero-order valence-electron chi connectivity index (χ0n) is 4.78. The maximum absolute atomic E-state index is 7.83. The average Bonchev–Trinajstić information content (AvgIpc) is 1.94. The molecule has 48 valence electrons. The van der Waals surface area contributed by atoms with E-state index in [4.69, 9.17) is 4.21 Å². The molecule has 1 atom stereocenters. The van der Waals surface area contributed by atoms with Gasteiger partial charge in [-0.05, 0) is 5.30 Å². The minimum atomic E-state index is 1.24. The average molecular weight is 158 g/mol. The van der Waals surface area contributed by atoms with Crippen molar-refractivity contribution in [2.24, 2.45) is 0 Å². The molecule has 0 aliphatic heterocycles. The van der Waals surface area contributed by atoms with E-state index in [-0.39, 0.29) is 0 Å². The lowest BCUT2D eigenvalue weighted by atomic mass is 10.4. The minimum absolute atomic E-state index is 1.24. The molecular weight excluding hydrogens is 151 g/mol. The van der Waals surface area contributed by atoms with E-state index in [1.165, 1.54) is 5.30 Å². The second kappa shape index (κ2) is 5.80. The van der Waals surface area contributed by atoms with E-state index in [1.54, 1.807) is 0 Å². The first-order chi connectivity index (χ1) is 4.39. The fourth-order valence-electron chi connectivity index (χ4n) is 0.453. The molecule has 9 heavy (non-hydrogen) atoms. The van der Waals surface area contributed by atoms with Gasteiger partial charge in [0.05, 0.1) is 0 Å². The van der Waals surface area contributed by atoms with E-state index in [2.05, 4.69) is 21.8 Å².